The van der Waals surface area contributed by atoms with Crippen LogP contribution in [0.25, 0.3) is 0 Å². The zero-order valence-electron chi connectivity index (χ0n) is 17.5. The Labute approximate surface area is 174 Å². The Kier molecular flexibility index (Phi) is 8.81. The van der Waals surface area contributed by atoms with E-state index in [4.69, 9.17) is 9.47 Å². The van der Waals surface area contributed by atoms with Crippen molar-refractivity contribution < 1.29 is 14.6 Å². The summed E-state index contributed by atoms with van der Waals surface area (Å²) in [7, 11) is 1.64. The normalized spacial score (nSPS) is 15.8. The van der Waals surface area contributed by atoms with Gasteiger partial charge in [-0.3, -0.25) is 0 Å². The third kappa shape index (κ3) is 7.35. The molecule has 1 unspecified atom stereocenters. The lowest BCUT2D eigenvalue weighted by atomic mass is 10.1. The van der Waals surface area contributed by atoms with Gasteiger partial charge in [-0.15, -0.1) is 0 Å². The monoisotopic (exact) mass is 398 g/mol. The van der Waals surface area contributed by atoms with Crippen molar-refractivity contribution in [2.45, 2.75) is 38.3 Å². The minimum Gasteiger partial charge on any atom is -0.493 e. The van der Waals surface area contributed by atoms with E-state index in [1.807, 2.05) is 24.3 Å². The standard InChI is InChI=1S/C24H34N2O3/c1-28-23-11-10-21(17-25-13-12-20-8-4-2-5-9-20)16-24(23)29-19-22(27)18-26-14-6-3-7-15-26/h2,4-5,8-11,16,22,25,27H,3,6-7,12-15,17-19H2,1H3. The molecule has 0 radical (unpaired) electrons. The summed E-state index contributed by atoms with van der Waals surface area (Å²) in [6.07, 6.45) is 4.25. The van der Waals surface area contributed by atoms with Crippen LogP contribution in [0.5, 0.6) is 11.5 Å². The Bertz CT molecular complexity index is 717. The molecule has 5 heteroatoms. The molecule has 5 nitrogen and oxygen atoms in total. The summed E-state index contributed by atoms with van der Waals surface area (Å²) >= 11 is 0. The molecule has 1 saturated heterocycles. The van der Waals surface area contributed by atoms with Crippen LogP contribution in [0.3, 0.4) is 0 Å². The molecule has 0 saturated carbocycles. The molecule has 3 rings (SSSR count). The van der Waals surface area contributed by atoms with E-state index in [0.717, 1.165) is 38.2 Å². The zero-order valence-corrected chi connectivity index (χ0v) is 17.5. The van der Waals surface area contributed by atoms with Gasteiger partial charge in [0, 0.05) is 13.1 Å². The maximum absolute atomic E-state index is 10.4. The molecule has 1 heterocycles. The van der Waals surface area contributed by atoms with Crippen LogP contribution >= 0.6 is 0 Å². The molecule has 1 aliphatic heterocycles. The first kappa shape index (κ1) is 21.6. The lowest BCUT2D eigenvalue weighted by Crippen LogP contribution is -2.38. The molecule has 1 fully saturated rings. The Balaban J connectivity index is 1.46. The van der Waals surface area contributed by atoms with Crippen LogP contribution in [0.4, 0.5) is 0 Å². The SMILES string of the molecule is COc1ccc(CNCCc2ccccc2)cc1OCC(O)CN1CCCCC1. The second kappa shape index (κ2) is 11.8. The Hall–Kier alpha value is -2.08. The number of nitrogens with one attached hydrogen (secondary N) is 1. The Morgan fingerprint density at radius 3 is 2.55 bits per heavy atom. The maximum atomic E-state index is 10.4. The van der Waals surface area contributed by atoms with Gasteiger partial charge in [-0.2, -0.15) is 0 Å². The quantitative estimate of drug-likeness (QED) is 0.569. The minimum absolute atomic E-state index is 0.276. The van der Waals surface area contributed by atoms with Crippen molar-refractivity contribution in [3.05, 3.63) is 59.7 Å². The van der Waals surface area contributed by atoms with Gasteiger partial charge in [0.1, 0.15) is 12.7 Å². The van der Waals surface area contributed by atoms with Crippen LogP contribution in [-0.2, 0) is 13.0 Å². The number of piperidine rings is 1. The van der Waals surface area contributed by atoms with Gasteiger partial charge in [-0.25, -0.2) is 0 Å². The fourth-order valence-electron chi connectivity index (χ4n) is 3.73. The smallest absolute Gasteiger partial charge is 0.161 e. The lowest BCUT2D eigenvalue weighted by Gasteiger charge is -2.28. The topological polar surface area (TPSA) is 54.0 Å². The first-order valence-corrected chi connectivity index (χ1v) is 10.7. The molecule has 0 bridgehead atoms. The highest BCUT2D eigenvalue weighted by Gasteiger charge is 2.16. The van der Waals surface area contributed by atoms with E-state index >= 15 is 0 Å². The molecule has 2 aromatic carbocycles. The number of methoxy groups -OCH3 is 1. The van der Waals surface area contributed by atoms with E-state index in [1.165, 1.54) is 24.8 Å². The van der Waals surface area contributed by atoms with Gasteiger partial charge in [0.2, 0.25) is 0 Å². The number of benzene rings is 2. The van der Waals surface area contributed by atoms with Gasteiger partial charge in [0.05, 0.1) is 7.11 Å². The minimum atomic E-state index is -0.495. The van der Waals surface area contributed by atoms with Gasteiger partial charge in [-0.05, 0) is 62.2 Å². The number of nitrogens with zero attached hydrogens (tertiary/aromatic N) is 1. The summed E-state index contributed by atoms with van der Waals surface area (Å²) in [6.45, 7) is 4.78. The molecule has 0 aromatic heterocycles. The highest BCUT2D eigenvalue weighted by Crippen LogP contribution is 2.28. The van der Waals surface area contributed by atoms with E-state index in [-0.39, 0.29) is 6.61 Å². The molecular formula is C24H34N2O3. The van der Waals surface area contributed by atoms with Crippen LogP contribution in [-0.4, -0.2) is 56.0 Å². The molecule has 29 heavy (non-hydrogen) atoms. The zero-order chi connectivity index (χ0) is 20.3. The van der Waals surface area contributed by atoms with E-state index < -0.39 is 6.10 Å². The average Bonchev–Trinajstić information content (AvgIpc) is 2.77. The summed E-state index contributed by atoms with van der Waals surface area (Å²) in [5.41, 5.74) is 2.47. The maximum Gasteiger partial charge on any atom is 0.161 e. The van der Waals surface area contributed by atoms with E-state index in [0.29, 0.717) is 18.0 Å². The van der Waals surface area contributed by atoms with Crippen molar-refractivity contribution >= 4 is 0 Å². The molecule has 1 aliphatic rings. The summed E-state index contributed by atoms with van der Waals surface area (Å²) in [6, 6.07) is 16.5. The average molecular weight is 399 g/mol. The summed E-state index contributed by atoms with van der Waals surface area (Å²) in [5, 5.41) is 13.8. The van der Waals surface area contributed by atoms with E-state index in [9.17, 15) is 5.11 Å². The molecule has 2 aromatic rings. The summed E-state index contributed by atoms with van der Waals surface area (Å²) in [5.74, 6) is 1.38. The van der Waals surface area contributed by atoms with Gasteiger partial charge in [0.15, 0.2) is 11.5 Å². The van der Waals surface area contributed by atoms with E-state index in [2.05, 4.69) is 34.5 Å². The highest BCUT2D eigenvalue weighted by molar-refractivity contribution is 5.43. The first-order valence-electron chi connectivity index (χ1n) is 10.7. The predicted molar refractivity (Wildman–Crippen MR) is 117 cm³/mol. The van der Waals surface area contributed by atoms with Gasteiger partial charge < -0.3 is 24.8 Å². The molecule has 1 atom stereocenters. The largest absolute Gasteiger partial charge is 0.493 e. The van der Waals surface area contributed by atoms with Crippen molar-refractivity contribution in [1.82, 2.24) is 10.2 Å². The third-order valence-corrected chi connectivity index (χ3v) is 5.34. The number of rotatable bonds is 11. The van der Waals surface area contributed by atoms with Crippen molar-refractivity contribution in [1.29, 1.82) is 0 Å². The Morgan fingerprint density at radius 2 is 1.79 bits per heavy atom. The molecule has 0 spiro atoms. The molecule has 0 amide bonds. The summed E-state index contributed by atoms with van der Waals surface area (Å²) < 4.78 is 11.3. The second-order valence-electron chi connectivity index (χ2n) is 7.72. The summed E-state index contributed by atoms with van der Waals surface area (Å²) in [4.78, 5) is 2.32. The fourth-order valence-corrected chi connectivity index (χ4v) is 3.73. The number of ether oxygens (including phenoxy) is 2. The highest BCUT2D eigenvalue weighted by atomic mass is 16.5. The number of aliphatic hydroxyl groups excluding tert-OH is 1. The lowest BCUT2D eigenvalue weighted by molar-refractivity contribution is 0.0608. The van der Waals surface area contributed by atoms with Crippen molar-refractivity contribution in [2.24, 2.45) is 0 Å². The fraction of sp³-hybridized carbons (Fsp3) is 0.500. The predicted octanol–water partition coefficient (Wildman–Crippen LogP) is 3.25. The van der Waals surface area contributed by atoms with Crippen LogP contribution in [0, 0.1) is 0 Å². The first-order chi connectivity index (χ1) is 14.2. The number of aliphatic hydroxyl groups is 1. The van der Waals surface area contributed by atoms with Gasteiger partial charge in [-0.1, -0.05) is 42.8 Å². The molecule has 158 valence electrons. The number of likely N-dealkylation sites (tertiary alicyclic amines) is 1. The van der Waals surface area contributed by atoms with Crippen LogP contribution in [0.1, 0.15) is 30.4 Å². The van der Waals surface area contributed by atoms with Crippen LogP contribution < -0.4 is 14.8 Å². The number of hydrogen-bond donors (Lipinski definition) is 2. The van der Waals surface area contributed by atoms with Crippen LogP contribution in [0.2, 0.25) is 0 Å². The second-order valence-corrected chi connectivity index (χ2v) is 7.72. The van der Waals surface area contributed by atoms with Gasteiger partial charge >= 0.3 is 0 Å². The van der Waals surface area contributed by atoms with Crippen LogP contribution in [0.15, 0.2) is 48.5 Å². The van der Waals surface area contributed by atoms with Crippen molar-refractivity contribution in [2.75, 3.05) is 39.9 Å². The molecular weight excluding hydrogens is 364 g/mol. The molecule has 0 aliphatic carbocycles. The van der Waals surface area contributed by atoms with E-state index in [1.54, 1.807) is 7.11 Å². The van der Waals surface area contributed by atoms with Crippen molar-refractivity contribution in [3.8, 4) is 11.5 Å². The third-order valence-electron chi connectivity index (χ3n) is 5.34. The Morgan fingerprint density at radius 1 is 1.00 bits per heavy atom. The number of hydrogen-bond acceptors (Lipinski definition) is 5. The van der Waals surface area contributed by atoms with Crippen molar-refractivity contribution in [3.63, 3.8) is 0 Å². The number of β-amino-alcohol motifs (C(OH)–C–C–N with tert-alkyl or cyclic N) is 1. The molecule has 2 N–H and O–H groups in total. The van der Waals surface area contributed by atoms with Gasteiger partial charge in [0.25, 0.3) is 0 Å².